The Bertz CT molecular complexity index is 690. The highest BCUT2D eigenvalue weighted by Crippen LogP contribution is 2.37. The molecule has 0 aromatic heterocycles. The number of aryl methyl sites for hydroxylation is 1. The SMILES string of the molecule is Cc1cc(OC(=O)CN2CSc3ccccc32)ccc1Cl. The van der Waals surface area contributed by atoms with Crippen LogP contribution in [0.5, 0.6) is 5.75 Å². The highest BCUT2D eigenvalue weighted by molar-refractivity contribution is 7.99. The topological polar surface area (TPSA) is 29.5 Å². The van der Waals surface area contributed by atoms with E-state index in [2.05, 4.69) is 6.07 Å². The van der Waals surface area contributed by atoms with E-state index in [-0.39, 0.29) is 12.5 Å². The molecule has 2 aromatic rings. The van der Waals surface area contributed by atoms with Crippen LogP contribution in [0.4, 0.5) is 5.69 Å². The van der Waals surface area contributed by atoms with Crippen molar-refractivity contribution in [3.8, 4) is 5.75 Å². The van der Waals surface area contributed by atoms with Crippen LogP contribution >= 0.6 is 23.4 Å². The average molecular weight is 320 g/mol. The van der Waals surface area contributed by atoms with Gasteiger partial charge in [0.25, 0.3) is 0 Å². The summed E-state index contributed by atoms with van der Waals surface area (Å²) in [4.78, 5) is 15.3. The highest BCUT2D eigenvalue weighted by atomic mass is 35.5. The number of carbonyl (C=O) groups excluding carboxylic acids is 1. The minimum Gasteiger partial charge on any atom is -0.425 e. The van der Waals surface area contributed by atoms with E-state index in [1.165, 1.54) is 4.90 Å². The quantitative estimate of drug-likeness (QED) is 0.628. The van der Waals surface area contributed by atoms with E-state index in [1.54, 1.807) is 30.0 Å². The van der Waals surface area contributed by atoms with Crippen molar-refractivity contribution >= 4 is 35.0 Å². The molecule has 0 radical (unpaired) electrons. The zero-order valence-corrected chi connectivity index (χ0v) is 13.1. The lowest BCUT2D eigenvalue weighted by Gasteiger charge is -2.17. The molecule has 1 aliphatic heterocycles. The van der Waals surface area contributed by atoms with Crippen molar-refractivity contribution < 1.29 is 9.53 Å². The number of anilines is 1. The van der Waals surface area contributed by atoms with Gasteiger partial charge in [-0.1, -0.05) is 23.7 Å². The Morgan fingerprint density at radius 2 is 2.14 bits per heavy atom. The Morgan fingerprint density at radius 1 is 1.33 bits per heavy atom. The number of benzene rings is 2. The number of nitrogens with zero attached hydrogens (tertiary/aromatic N) is 1. The molecule has 0 fully saturated rings. The van der Waals surface area contributed by atoms with E-state index in [0.717, 1.165) is 17.1 Å². The Balaban J connectivity index is 1.66. The number of halogens is 1. The zero-order valence-electron chi connectivity index (χ0n) is 11.5. The molecule has 0 amide bonds. The summed E-state index contributed by atoms with van der Waals surface area (Å²) in [6.45, 7) is 2.12. The number of carbonyl (C=O) groups is 1. The Labute approximate surface area is 132 Å². The summed E-state index contributed by atoms with van der Waals surface area (Å²) in [7, 11) is 0. The second kappa shape index (κ2) is 6.00. The van der Waals surface area contributed by atoms with Crippen molar-refractivity contribution in [2.24, 2.45) is 0 Å². The van der Waals surface area contributed by atoms with Crippen LogP contribution in [-0.4, -0.2) is 18.4 Å². The lowest BCUT2D eigenvalue weighted by molar-refractivity contribution is -0.132. The molecule has 0 unspecified atom stereocenters. The Morgan fingerprint density at radius 3 is 2.95 bits per heavy atom. The van der Waals surface area contributed by atoms with Crippen LogP contribution in [0.3, 0.4) is 0 Å². The van der Waals surface area contributed by atoms with Gasteiger partial charge in [-0.05, 0) is 42.8 Å². The summed E-state index contributed by atoms with van der Waals surface area (Å²) >= 11 is 7.69. The molecular formula is C16H14ClNO2S. The van der Waals surface area contributed by atoms with Crippen LogP contribution in [0, 0.1) is 6.92 Å². The Kier molecular flexibility index (Phi) is 4.08. The molecule has 3 nitrogen and oxygen atoms in total. The number of esters is 1. The van der Waals surface area contributed by atoms with Crippen LogP contribution < -0.4 is 9.64 Å². The van der Waals surface area contributed by atoms with E-state index in [9.17, 15) is 4.79 Å². The van der Waals surface area contributed by atoms with Crippen molar-refractivity contribution in [3.63, 3.8) is 0 Å². The van der Waals surface area contributed by atoms with Crippen molar-refractivity contribution in [1.82, 2.24) is 0 Å². The number of fused-ring (bicyclic) bond motifs is 1. The molecule has 108 valence electrons. The summed E-state index contributed by atoms with van der Waals surface area (Å²) in [5.41, 5.74) is 1.98. The summed E-state index contributed by atoms with van der Waals surface area (Å²) in [5, 5.41) is 0.666. The number of para-hydroxylation sites is 1. The van der Waals surface area contributed by atoms with Crippen LogP contribution in [0.15, 0.2) is 47.4 Å². The van der Waals surface area contributed by atoms with E-state index in [1.807, 2.05) is 30.0 Å². The zero-order chi connectivity index (χ0) is 14.8. The first-order valence-electron chi connectivity index (χ1n) is 6.57. The third kappa shape index (κ3) is 3.17. The first-order valence-corrected chi connectivity index (χ1v) is 7.93. The molecule has 0 spiro atoms. The van der Waals surface area contributed by atoms with E-state index in [0.29, 0.717) is 10.8 Å². The number of hydrogen-bond donors (Lipinski definition) is 0. The second-order valence-electron chi connectivity index (χ2n) is 4.82. The smallest absolute Gasteiger partial charge is 0.330 e. The fourth-order valence-electron chi connectivity index (χ4n) is 2.19. The van der Waals surface area contributed by atoms with Crippen LogP contribution in [0.25, 0.3) is 0 Å². The molecule has 0 atom stereocenters. The number of rotatable bonds is 3. The minimum absolute atomic E-state index is 0.242. The van der Waals surface area contributed by atoms with E-state index < -0.39 is 0 Å². The highest BCUT2D eigenvalue weighted by Gasteiger charge is 2.22. The molecule has 0 aliphatic carbocycles. The van der Waals surface area contributed by atoms with Crippen molar-refractivity contribution in [3.05, 3.63) is 53.1 Å². The van der Waals surface area contributed by atoms with Gasteiger partial charge in [0, 0.05) is 9.92 Å². The molecule has 3 rings (SSSR count). The lowest BCUT2D eigenvalue weighted by atomic mass is 10.2. The van der Waals surface area contributed by atoms with E-state index in [4.69, 9.17) is 16.3 Å². The van der Waals surface area contributed by atoms with Gasteiger partial charge in [0.1, 0.15) is 12.3 Å². The lowest BCUT2D eigenvalue weighted by Crippen LogP contribution is -2.30. The normalized spacial score (nSPS) is 13.1. The van der Waals surface area contributed by atoms with Crippen molar-refractivity contribution in [2.75, 3.05) is 17.3 Å². The third-order valence-corrected chi connectivity index (χ3v) is 4.78. The first-order chi connectivity index (χ1) is 10.1. The van der Waals surface area contributed by atoms with Crippen molar-refractivity contribution in [2.45, 2.75) is 11.8 Å². The molecule has 2 aromatic carbocycles. The molecule has 5 heteroatoms. The van der Waals surface area contributed by atoms with Crippen LogP contribution in [-0.2, 0) is 4.79 Å². The summed E-state index contributed by atoms with van der Waals surface area (Å²) < 4.78 is 5.38. The van der Waals surface area contributed by atoms with Crippen LogP contribution in [0.1, 0.15) is 5.56 Å². The van der Waals surface area contributed by atoms with E-state index >= 15 is 0 Å². The molecule has 1 heterocycles. The summed E-state index contributed by atoms with van der Waals surface area (Å²) in [6.07, 6.45) is 0. The standard InChI is InChI=1S/C16H14ClNO2S/c1-11-8-12(6-7-13(11)17)20-16(19)9-18-10-21-15-5-3-2-4-14(15)18/h2-8H,9-10H2,1H3. The fraction of sp³-hybridized carbons (Fsp3) is 0.188. The van der Waals surface area contributed by atoms with Crippen molar-refractivity contribution in [1.29, 1.82) is 0 Å². The maximum absolute atomic E-state index is 12.1. The van der Waals surface area contributed by atoms with Gasteiger partial charge in [0.2, 0.25) is 0 Å². The van der Waals surface area contributed by atoms with Gasteiger partial charge in [0.15, 0.2) is 0 Å². The molecule has 0 saturated carbocycles. The van der Waals surface area contributed by atoms with Gasteiger partial charge in [-0.25, -0.2) is 4.79 Å². The molecular weight excluding hydrogens is 306 g/mol. The van der Waals surface area contributed by atoms with Gasteiger partial charge in [-0.3, -0.25) is 0 Å². The number of thioether (sulfide) groups is 1. The van der Waals surface area contributed by atoms with Gasteiger partial charge < -0.3 is 9.64 Å². The second-order valence-corrected chi connectivity index (χ2v) is 6.22. The number of hydrogen-bond acceptors (Lipinski definition) is 4. The predicted molar refractivity (Wildman–Crippen MR) is 86.3 cm³/mol. The summed E-state index contributed by atoms with van der Waals surface area (Å²) in [5.74, 6) is 1.03. The third-order valence-electron chi connectivity index (χ3n) is 3.26. The van der Waals surface area contributed by atoms with Crippen LogP contribution in [0.2, 0.25) is 5.02 Å². The first kappa shape index (κ1) is 14.3. The molecule has 1 aliphatic rings. The average Bonchev–Trinajstić information content (AvgIpc) is 2.86. The predicted octanol–water partition coefficient (Wildman–Crippen LogP) is 4.12. The number of ether oxygens (including phenoxy) is 1. The van der Waals surface area contributed by atoms with Gasteiger partial charge >= 0.3 is 5.97 Å². The van der Waals surface area contributed by atoms with Gasteiger partial charge in [-0.15, -0.1) is 11.8 Å². The summed E-state index contributed by atoms with van der Waals surface area (Å²) in [6, 6.07) is 13.3. The molecule has 21 heavy (non-hydrogen) atoms. The molecule has 0 bridgehead atoms. The minimum atomic E-state index is -0.269. The molecule has 0 saturated heterocycles. The largest absolute Gasteiger partial charge is 0.425 e. The maximum atomic E-state index is 12.1. The van der Waals surface area contributed by atoms with Gasteiger partial charge in [0.05, 0.1) is 11.6 Å². The van der Waals surface area contributed by atoms with Gasteiger partial charge in [-0.2, -0.15) is 0 Å². The fourth-order valence-corrected chi connectivity index (χ4v) is 3.35. The maximum Gasteiger partial charge on any atom is 0.330 e. The monoisotopic (exact) mass is 319 g/mol. The molecule has 0 N–H and O–H groups in total. The Hall–Kier alpha value is -1.65.